The Morgan fingerprint density at radius 3 is 2.62 bits per heavy atom. The first-order valence-electron chi connectivity index (χ1n) is 6.18. The molecule has 1 aromatic carbocycles. The molecule has 0 radical (unpaired) electrons. The van der Waals surface area contributed by atoms with Crippen LogP contribution in [-0.4, -0.2) is 37.1 Å². The Hall–Kier alpha value is -2.90. The number of hydrogen-bond acceptors (Lipinski definition) is 5. The summed E-state index contributed by atoms with van der Waals surface area (Å²) in [6.07, 6.45) is 1.65. The summed E-state index contributed by atoms with van der Waals surface area (Å²) in [6.45, 7) is -0.0923. The standard InChI is InChI=1S/C13H14N4O4/c18-11-3-1-9(2-4-11)5-12(19)14-6-10-7-17(16-15-10)8-13(20)21/h1-4,7,18H,5-6,8H2,(H,14,19)(H,20,21). The lowest BCUT2D eigenvalue weighted by Crippen LogP contribution is -2.24. The van der Waals surface area contributed by atoms with E-state index in [1.165, 1.54) is 23.0 Å². The smallest absolute Gasteiger partial charge is 0.325 e. The molecule has 0 atom stereocenters. The van der Waals surface area contributed by atoms with E-state index < -0.39 is 5.97 Å². The molecule has 0 aliphatic carbocycles. The Bertz CT molecular complexity index is 636. The number of carboxylic acids is 1. The molecule has 0 aliphatic heterocycles. The summed E-state index contributed by atoms with van der Waals surface area (Å²) in [5.74, 6) is -1.06. The molecule has 0 bridgehead atoms. The third-order valence-electron chi connectivity index (χ3n) is 2.65. The van der Waals surface area contributed by atoms with Gasteiger partial charge in [-0.15, -0.1) is 5.10 Å². The van der Waals surface area contributed by atoms with Crippen LogP contribution in [0.2, 0.25) is 0 Å². The van der Waals surface area contributed by atoms with Crippen molar-refractivity contribution in [2.24, 2.45) is 0 Å². The van der Waals surface area contributed by atoms with E-state index in [0.29, 0.717) is 5.69 Å². The molecule has 21 heavy (non-hydrogen) atoms. The Labute approximate surface area is 120 Å². The molecule has 110 valence electrons. The third kappa shape index (κ3) is 4.60. The van der Waals surface area contributed by atoms with E-state index >= 15 is 0 Å². The second-order valence-corrected chi connectivity index (χ2v) is 4.42. The Balaban J connectivity index is 1.82. The van der Waals surface area contributed by atoms with Crippen molar-refractivity contribution in [2.45, 2.75) is 19.5 Å². The summed E-state index contributed by atoms with van der Waals surface area (Å²) >= 11 is 0. The summed E-state index contributed by atoms with van der Waals surface area (Å²) in [6, 6.07) is 6.36. The van der Waals surface area contributed by atoms with Gasteiger partial charge in [0.25, 0.3) is 0 Å². The van der Waals surface area contributed by atoms with Crippen LogP contribution >= 0.6 is 0 Å². The zero-order chi connectivity index (χ0) is 15.2. The van der Waals surface area contributed by atoms with Crippen molar-refractivity contribution < 1.29 is 19.8 Å². The van der Waals surface area contributed by atoms with Crippen LogP contribution in [0, 0.1) is 0 Å². The number of aromatic nitrogens is 3. The number of carbonyl (C=O) groups is 2. The number of nitrogens with zero attached hydrogens (tertiary/aromatic N) is 3. The number of aliphatic carboxylic acids is 1. The lowest BCUT2D eigenvalue weighted by molar-refractivity contribution is -0.138. The first-order chi connectivity index (χ1) is 10.0. The molecule has 0 fully saturated rings. The van der Waals surface area contributed by atoms with Gasteiger partial charge in [0.1, 0.15) is 18.0 Å². The molecule has 0 unspecified atom stereocenters. The van der Waals surface area contributed by atoms with Crippen LogP contribution in [0.25, 0.3) is 0 Å². The largest absolute Gasteiger partial charge is 0.508 e. The van der Waals surface area contributed by atoms with Crippen LogP contribution in [0.5, 0.6) is 5.75 Å². The van der Waals surface area contributed by atoms with Crippen LogP contribution < -0.4 is 5.32 Å². The molecular formula is C13H14N4O4. The number of phenols is 1. The van der Waals surface area contributed by atoms with E-state index in [4.69, 9.17) is 10.2 Å². The molecule has 0 spiro atoms. The first-order valence-corrected chi connectivity index (χ1v) is 6.18. The molecule has 2 rings (SSSR count). The number of nitrogens with one attached hydrogen (secondary N) is 1. The normalized spacial score (nSPS) is 10.3. The molecule has 3 N–H and O–H groups in total. The quantitative estimate of drug-likeness (QED) is 0.685. The molecule has 1 aromatic heterocycles. The Morgan fingerprint density at radius 2 is 1.95 bits per heavy atom. The molecule has 8 nitrogen and oxygen atoms in total. The van der Waals surface area contributed by atoms with Gasteiger partial charge < -0.3 is 15.5 Å². The number of phenolic OH excluding ortho intramolecular Hbond substituents is 1. The van der Waals surface area contributed by atoms with Gasteiger partial charge >= 0.3 is 5.97 Å². The molecule has 0 saturated carbocycles. The minimum atomic E-state index is -1.01. The summed E-state index contributed by atoms with van der Waals surface area (Å²) in [5.41, 5.74) is 1.26. The van der Waals surface area contributed by atoms with E-state index in [1.54, 1.807) is 12.1 Å². The van der Waals surface area contributed by atoms with E-state index in [-0.39, 0.29) is 31.2 Å². The van der Waals surface area contributed by atoms with Crippen molar-refractivity contribution in [1.82, 2.24) is 20.3 Å². The fraction of sp³-hybridized carbons (Fsp3) is 0.231. The summed E-state index contributed by atoms with van der Waals surface area (Å²) < 4.78 is 1.18. The maximum Gasteiger partial charge on any atom is 0.325 e. The highest BCUT2D eigenvalue weighted by Gasteiger charge is 2.07. The number of carboxylic acid groups (broad SMARTS) is 1. The molecule has 0 saturated heterocycles. The van der Waals surface area contributed by atoms with Crippen molar-refractivity contribution in [2.75, 3.05) is 0 Å². The molecule has 1 amide bonds. The van der Waals surface area contributed by atoms with Gasteiger partial charge in [0.2, 0.25) is 5.91 Å². The Morgan fingerprint density at radius 1 is 1.24 bits per heavy atom. The first kappa shape index (κ1) is 14.5. The number of benzene rings is 1. The van der Waals surface area contributed by atoms with Gasteiger partial charge in [-0.3, -0.25) is 9.59 Å². The highest BCUT2D eigenvalue weighted by Crippen LogP contribution is 2.09. The monoisotopic (exact) mass is 290 g/mol. The highest BCUT2D eigenvalue weighted by atomic mass is 16.4. The van der Waals surface area contributed by atoms with Gasteiger partial charge in [-0.2, -0.15) is 0 Å². The molecule has 8 heteroatoms. The van der Waals surface area contributed by atoms with Crippen LogP contribution in [0.15, 0.2) is 30.5 Å². The predicted octanol–water partition coefficient (Wildman–Crippen LogP) is -0.0728. The number of rotatable bonds is 6. The van der Waals surface area contributed by atoms with Crippen LogP contribution in [-0.2, 0) is 29.1 Å². The number of hydrogen-bond donors (Lipinski definition) is 3. The second-order valence-electron chi connectivity index (χ2n) is 4.42. The van der Waals surface area contributed by atoms with Crippen LogP contribution in [0.1, 0.15) is 11.3 Å². The zero-order valence-electron chi connectivity index (χ0n) is 11.1. The number of aromatic hydroxyl groups is 1. The highest BCUT2D eigenvalue weighted by molar-refractivity contribution is 5.78. The minimum Gasteiger partial charge on any atom is -0.508 e. The average Bonchev–Trinajstić information content (AvgIpc) is 2.86. The van der Waals surface area contributed by atoms with Gasteiger partial charge in [-0.1, -0.05) is 17.3 Å². The number of carbonyl (C=O) groups excluding carboxylic acids is 1. The van der Waals surface area contributed by atoms with Gasteiger partial charge in [0.05, 0.1) is 19.2 Å². The predicted molar refractivity (Wildman–Crippen MR) is 71.3 cm³/mol. The molecule has 2 aromatic rings. The lowest BCUT2D eigenvalue weighted by Gasteiger charge is -2.03. The average molecular weight is 290 g/mol. The summed E-state index contributed by atoms with van der Waals surface area (Å²) in [7, 11) is 0. The van der Waals surface area contributed by atoms with Gasteiger partial charge in [0, 0.05) is 0 Å². The fourth-order valence-electron chi connectivity index (χ4n) is 1.69. The number of amides is 1. The minimum absolute atomic E-state index is 0.147. The van der Waals surface area contributed by atoms with Gasteiger partial charge in [0.15, 0.2) is 0 Å². The van der Waals surface area contributed by atoms with Crippen molar-refractivity contribution in [1.29, 1.82) is 0 Å². The van der Waals surface area contributed by atoms with Gasteiger partial charge in [-0.25, -0.2) is 4.68 Å². The second kappa shape index (κ2) is 6.51. The SMILES string of the molecule is O=C(O)Cn1cc(CNC(=O)Cc2ccc(O)cc2)nn1. The maximum absolute atomic E-state index is 11.7. The fourth-order valence-corrected chi connectivity index (χ4v) is 1.69. The summed E-state index contributed by atoms with van der Waals surface area (Å²) in [5, 5.41) is 27.8. The van der Waals surface area contributed by atoms with Crippen molar-refractivity contribution in [3.05, 3.63) is 41.7 Å². The van der Waals surface area contributed by atoms with Crippen molar-refractivity contribution in [3.8, 4) is 5.75 Å². The third-order valence-corrected chi connectivity index (χ3v) is 2.65. The van der Waals surface area contributed by atoms with E-state index in [1.807, 2.05) is 0 Å². The van der Waals surface area contributed by atoms with Crippen LogP contribution in [0.4, 0.5) is 0 Å². The summed E-state index contributed by atoms with van der Waals surface area (Å²) in [4.78, 5) is 22.2. The lowest BCUT2D eigenvalue weighted by atomic mass is 10.1. The van der Waals surface area contributed by atoms with E-state index in [2.05, 4.69) is 15.6 Å². The molecule has 1 heterocycles. The molecular weight excluding hydrogens is 276 g/mol. The van der Waals surface area contributed by atoms with Crippen LogP contribution in [0.3, 0.4) is 0 Å². The van der Waals surface area contributed by atoms with E-state index in [0.717, 1.165) is 5.56 Å². The molecule has 0 aliphatic rings. The van der Waals surface area contributed by atoms with E-state index in [9.17, 15) is 9.59 Å². The van der Waals surface area contributed by atoms with Crippen molar-refractivity contribution >= 4 is 11.9 Å². The topological polar surface area (TPSA) is 117 Å². The van der Waals surface area contributed by atoms with Crippen molar-refractivity contribution in [3.63, 3.8) is 0 Å². The zero-order valence-corrected chi connectivity index (χ0v) is 11.1. The van der Waals surface area contributed by atoms with Gasteiger partial charge in [-0.05, 0) is 17.7 Å². The Kier molecular flexibility index (Phi) is 4.50. The maximum atomic E-state index is 11.7.